The van der Waals surface area contributed by atoms with Gasteiger partial charge >= 0.3 is 0 Å². The van der Waals surface area contributed by atoms with Gasteiger partial charge in [-0.3, -0.25) is 0 Å². The van der Waals surface area contributed by atoms with Gasteiger partial charge in [0.2, 0.25) is 0 Å². The van der Waals surface area contributed by atoms with E-state index in [1.807, 2.05) is 12.2 Å². The van der Waals surface area contributed by atoms with E-state index in [9.17, 15) is 0 Å². The molecule has 0 aliphatic heterocycles. The molecule has 0 radical (unpaired) electrons. The number of hydrogen-bond acceptors (Lipinski definition) is 2. The fourth-order valence-electron chi connectivity index (χ4n) is 1.18. The molecule has 0 aromatic heterocycles. The molecular weight excluding hydrogens is 140 g/mol. The zero-order valence-electron chi connectivity index (χ0n) is 6.84. The maximum Gasteiger partial charge on any atom is 0.0958 e. The van der Waals surface area contributed by atoms with Crippen molar-refractivity contribution in [1.82, 2.24) is 0 Å². The van der Waals surface area contributed by atoms with Gasteiger partial charge in [-0.25, -0.2) is 0 Å². The molecule has 1 aliphatic rings. The molecule has 2 nitrogen and oxygen atoms in total. The van der Waals surface area contributed by atoms with Crippen LogP contribution in [0, 0.1) is 0 Å². The molecule has 0 bridgehead atoms. The zero-order chi connectivity index (χ0) is 8.10. The highest BCUT2D eigenvalue weighted by atomic mass is 16.5. The summed E-state index contributed by atoms with van der Waals surface area (Å²) in [4.78, 5) is 0. The van der Waals surface area contributed by atoms with E-state index in [-0.39, 0.29) is 6.61 Å². The molecule has 0 amide bonds. The highest BCUT2D eigenvalue weighted by Gasteiger charge is 2.04. The Morgan fingerprint density at radius 3 is 2.73 bits per heavy atom. The Hall–Kier alpha value is -0.760. The predicted molar refractivity (Wildman–Crippen MR) is 44.1 cm³/mol. The number of methoxy groups -OCH3 is 1. The molecule has 0 aromatic rings. The van der Waals surface area contributed by atoms with Crippen LogP contribution in [0.15, 0.2) is 23.5 Å². The molecule has 0 fully saturated rings. The van der Waals surface area contributed by atoms with Gasteiger partial charge < -0.3 is 9.84 Å². The fraction of sp³-hybridized carbons (Fsp3) is 0.556. The van der Waals surface area contributed by atoms with Crippen LogP contribution in [-0.2, 0) is 4.74 Å². The van der Waals surface area contributed by atoms with Crippen molar-refractivity contribution < 1.29 is 9.84 Å². The minimum atomic E-state index is 0.252. The van der Waals surface area contributed by atoms with Crippen molar-refractivity contribution >= 4 is 0 Å². The van der Waals surface area contributed by atoms with Crippen molar-refractivity contribution in [3.05, 3.63) is 23.5 Å². The number of ether oxygens (including phenoxy) is 1. The number of rotatable bonds is 3. The highest BCUT2D eigenvalue weighted by Crippen LogP contribution is 2.20. The van der Waals surface area contributed by atoms with Gasteiger partial charge in [0.15, 0.2) is 0 Å². The van der Waals surface area contributed by atoms with E-state index in [0.29, 0.717) is 0 Å². The Morgan fingerprint density at radius 1 is 1.45 bits per heavy atom. The van der Waals surface area contributed by atoms with Crippen LogP contribution in [0.4, 0.5) is 0 Å². The SMILES string of the molecule is COC1=CC=C(CCO)CC1. The Balaban J connectivity index is 2.47. The molecule has 1 aliphatic carbocycles. The number of aliphatic hydroxyl groups excluding tert-OH is 1. The molecule has 0 saturated carbocycles. The van der Waals surface area contributed by atoms with Gasteiger partial charge in [0.25, 0.3) is 0 Å². The van der Waals surface area contributed by atoms with Crippen LogP contribution in [0.1, 0.15) is 19.3 Å². The number of hydrogen-bond donors (Lipinski definition) is 1. The molecule has 2 heteroatoms. The Bertz CT molecular complexity index is 180. The van der Waals surface area contributed by atoms with Crippen molar-refractivity contribution in [3.63, 3.8) is 0 Å². The molecule has 1 rings (SSSR count). The van der Waals surface area contributed by atoms with Crippen LogP contribution in [0.3, 0.4) is 0 Å². The van der Waals surface area contributed by atoms with Gasteiger partial charge in [-0.05, 0) is 18.9 Å². The largest absolute Gasteiger partial charge is 0.501 e. The van der Waals surface area contributed by atoms with Gasteiger partial charge in [0.1, 0.15) is 0 Å². The summed E-state index contributed by atoms with van der Waals surface area (Å²) in [6.45, 7) is 0.252. The van der Waals surface area contributed by atoms with Gasteiger partial charge in [0.05, 0.1) is 12.9 Å². The normalized spacial score (nSPS) is 17.3. The Morgan fingerprint density at radius 2 is 2.27 bits per heavy atom. The minimum Gasteiger partial charge on any atom is -0.501 e. The lowest BCUT2D eigenvalue weighted by Crippen LogP contribution is -1.97. The quantitative estimate of drug-likeness (QED) is 0.669. The van der Waals surface area contributed by atoms with Crippen LogP contribution in [0.2, 0.25) is 0 Å². The standard InChI is InChI=1S/C9H14O2/c1-11-9-4-2-8(3-5-9)6-7-10/h2,4,10H,3,5-7H2,1H3. The van der Waals surface area contributed by atoms with Crippen LogP contribution >= 0.6 is 0 Å². The van der Waals surface area contributed by atoms with Crippen molar-refractivity contribution in [2.24, 2.45) is 0 Å². The van der Waals surface area contributed by atoms with Gasteiger partial charge in [-0.1, -0.05) is 11.6 Å². The molecule has 0 aromatic carbocycles. The lowest BCUT2D eigenvalue weighted by Gasteiger charge is -2.12. The maximum absolute atomic E-state index is 8.65. The molecule has 1 N–H and O–H groups in total. The van der Waals surface area contributed by atoms with Gasteiger partial charge in [0, 0.05) is 13.0 Å². The second kappa shape index (κ2) is 4.19. The summed E-state index contributed by atoms with van der Waals surface area (Å²) in [6, 6.07) is 0. The highest BCUT2D eigenvalue weighted by molar-refractivity contribution is 5.20. The molecule has 11 heavy (non-hydrogen) atoms. The van der Waals surface area contributed by atoms with Gasteiger partial charge in [-0.15, -0.1) is 0 Å². The van der Waals surface area contributed by atoms with E-state index in [2.05, 4.69) is 0 Å². The number of allylic oxidation sites excluding steroid dienone is 3. The van der Waals surface area contributed by atoms with Gasteiger partial charge in [-0.2, -0.15) is 0 Å². The van der Waals surface area contributed by atoms with Crippen molar-refractivity contribution in [2.45, 2.75) is 19.3 Å². The first kappa shape index (κ1) is 8.34. The zero-order valence-corrected chi connectivity index (χ0v) is 6.84. The minimum absolute atomic E-state index is 0.252. The summed E-state index contributed by atoms with van der Waals surface area (Å²) in [5.41, 5.74) is 1.31. The first-order valence-corrected chi connectivity index (χ1v) is 3.90. The monoisotopic (exact) mass is 154 g/mol. The van der Waals surface area contributed by atoms with Crippen LogP contribution in [0.25, 0.3) is 0 Å². The molecule has 0 spiro atoms. The van der Waals surface area contributed by atoms with E-state index < -0.39 is 0 Å². The molecular formula is C9H14O2. The van der Waals surface area contributed by atoms with Crippen molar-refractivity contribution in [3.8, 4) is 0 Å². The topological polar surface area (TPSA) is 29.5 Å². The second-order valence-corrected chi connectivity index (χ2v) is 2.64. The maximum atomic E-state index is 8.65. The third-order valence-corrected chi connectivity index (χ3v) is 1.89. The lowest BCUT2D eigenvalue weighted by molar-refractivity contribution is 0.271. The van der Waals surface area contributed by atoms with Crippen molar-refractivity contribution in [1.29, 1.82) is 0 Å². The van der Waals surface area contributed by atoms with E-state index in [0.717, 1.165) is 25.0 Å². The first-order chi connectivity index (χ1) is 5.36. The average Bonchev–Trinajstić information content (AvgIpc) is 2.07. The summed E-state index contributed by atoms with van der Waals surface area (Å²) >= 11 is 0. The summed E-state index contributed by atoms with van der Waals surface area (Å²) in [6.07, 6.45) is 6.82. The van der Waals surface area contributed by atoms with E-state index in [1.165, 1.54) is 5.57 Å². The van der Waals surface area contributed by atoms with E-state index in [1.54, 1.807) is 7.11 Å². The number of aliphatic hydroxyl groups is 1. The second-order valence-electron chi connectivity index (χ2n) is 2.64. The van der Waals surface area contributed by atoms with Crippen molar-refractivity contribution in [2.75, 3.05) is 13.7 Å². The third-order valence-electron chi connectivity index (χ3n) is 1.89. The third kappa shape index (κ3) is 2.39. The smallest absolute Gasteiger partial charge is 0.0958 e. The summed E-state index contributed by atoms with van der Waals surface area (Å²) in [5, 5.41) is 8.65. The predicted octanol–water partition coefficient (Wildman–Crippen LogP) is 1.62. The molecule has 0 unspecified atom stereocenters. The summed E-state index contributed by atoms with van der Waals surface area (Å²) in [5.74, 6) is 1.03. The molecule has 0 heterocycles. The Labute approximate surface area is 67.2 Å². The van der Waals surface area contributed by atoms with Crippen LogP contribution in [0.5, 0.6) is 0 Å². The molecule has 0 atom stereocenters. The molecule has 62 valence electrons. The molecule has 0 saturated heterocycles. The average molecular weight is 154 g/mol. The van der Waals surface area contributed by atoms with Crippen LogP contribution < -0.4 is 0 Å². The van der Waals surface area contributed by atoms with E-state index >= 15 is 0 Å². The lowest BCUT2D eigenvalue weighted by atomic mass is 10.0. The summed E-state index contributed by atoms with van der Waals surface area (Å²) < 4.78 is 5.07. The first-order valence-electron chi connectivity index (χ1n) is 3.90. The fourth-order valence-corrected chi connectivity index (χ4v) is 1.18. The van der Waals surface area contributed by atoms with Crippen LogP contribution in [-0.4, -0.2) is 18.8 Å². The van der Waals surface area contributed by atoms with E-state index in [4.69, 9.17) is 9.84 Å². The summed E-state index contributed by atoms with van der Waals surface area (Å²) in [7, 11) is 1.69. The Kier molecular flexibility index (Phi) is 3.17.